The number of hydrogen-bond donors (Lipinski definition) is 0. The van der Waals surface area contributed by atoms with Gasteiger partial charge in [-0.05, 0) is 55.2 Å². The second-order valence-electron chi connectivity index (χ2n) is 8.97. The van der Waals surface area contributed by atoms with E-state index in [9.17, 15) is 13.2 Å². The molecular weight excluding hydrogens is 508 g/mol. The minimum absolute atomic E-state index is 0.0604. The Bertz CT molecular complexity index is 1550. The van der Waals surface area contributed by atoms with E-state index in [0.29, 0.717) is 29.7 Å². The van der Waals surface area contributed by atoms with Crippen LogP contribution in [0.25, 0.3) is 22.1 Å². The highest BCUT2D eigenvalue weighted by Crippen LogP contribution is 2.40. The molecule has 1 aliphatic heterocycles. The number of hydrogen-bond acceptors (Lipinski definition) is 8. The SMILES string of the molecule is Cc1ccc(S(=O)(=O)OCCOc2c(OC3CCCCO3)ccc3c(-c4ccccc4)cc(=O)oc23)cc1. The van der Waals surface area contributed by atoms with Crippen molar-refractivity contribution in [2.75, 3.05) is 19.8 Å². The summed E-state index contributed by atoms with van der Waals surface area (Å²) in [6.45, 7) is 2.07. The summed E-state index contributed by atoms with van der Waals surface area (Å²) >= 11 is 0. The molecule has 1 fully saturated rings. The van der Waals surface area contributed by atoms with Crippen molar-refractivity contribution in [1.82, 2.24) is 0 Å². The Kier molecular flexibility index (Phi) is 7.78. The lowest BCUT2D eigenvalue weighted by molar-refractivity contribution is -0.106. The third kappa shape index (κ3) is 5.91. The number of benzene rings is 3. The zero-order chi connectivity index (χ0) is 26.5. The van der Waals surface area contributed by atoms with Crippen LogP contribution in [0.3, 0.4) is 0 Å². The number of rotatable bonds is 9. The average molecular weight is 537 g/mol. The van der Waals surface area contributed by atoms with Gasteiger partial charge in [-0.3, -0.25) is 4.18 Å². The van der Waals surface area contributed by atoms with Crippen LogP contribution in [0.5, 0.6) is 11.5 Å². The van der Waals surface area contributed by atoms with Crippen molar-refractivity contribution < 1.29 is 31.2 Å². The van der Waals surface area contributed by atoms with Crippen LogP contribution in [0.15, 0.2) is 86.9 Å². The molecule has 8 nitrogen and oxygen atoms in total. The third-order valence-corrected chi connectivity index (χ3v) is 7.52. The standard InChI is InChI=1S/C29H28O8S/c1-20-10-12-22(13-11-20)38(31,32)35-18-17-34-29-25(36-27-9-5-6-16-33-27)15-14-23-24(19-26(30)37-28(23)29)21-7-3-2-4-8-21/h2-4,7-8,10-15,19,27H,5-6,9,16-18H2,1H3. The minimum Gasteiger partial charge on any atom is -0.484 e. The molecular formula is C29H28O8S. The first-order chi connectivity index (χ1) is 18.4. The molecule has 1 saturated heterocycles. The average Bonchev–Trinajstić information content (AvgIpc) is 2.93. The second-order valence-corrected chi connectivity index (χ2v) is 10.6. The molecule has 9 heteroatoms. The highest BCUT2D eigenvalue weighted by atomic mass is 32.2. The van der Waals surface area contributed by atoms with E-state index in [1.165, 1.54) is 18.2 Å². The van der Waals surface area contributed by atoms with E-state index in [4.69, 9.17) is 22.8 Å². The van der Waals surface area contributed by atoms with Gasteiger partial charge in [0, 0.05) is 17.9 Å². The van der Waals surface area contributed by atoms with Gasteiger partial charge in [-0.25, -0.2) is 4.79 Å². The van der Waals surface area contributed by atoms with Crippen LogP contribution in [0.2, 0.25) is 0 Å². The van der Waals surface area contributed by atoms with Gasteiger partial charge < -0.3 is 18.6 Å². The normalized spacial score (nSPS) is 15.9. The van der Waals surface area contributed by atoms with Crippen molar-refractivity contribution in [2.45, 2.75) is 37.4 Å². The molecule has 0 bridgehead atoms. The predicted molar refractivity (Wildman–Crippen MR) is 142 cm³/mol. The summed E-state index contributed by atoms with van der Waals surface area (Å²) < 4.78 is 53.7. The fourth-order valence-corrected chi connectivity index (χ4v) is 5.17. The van der Waals surface area contributed by atoms with E-state index in [-0.39, 0.29) is 29.4 Å². The molecule has 4 aromatic rings. The molecule has 1 aromatic heterocycles. The molecule has 5 rings (SSSR count). The van der Waals surface area contributed by atoms with Gasteiger partial charge in [-0.1, -0.05) is 48.0 Å². The Hall–Kier alpha value is -3.66. The van der Waals surface area contributed by atoms with Crippen LogP contribution in [0.4, 0.5) is 0 Å². The van der Waals surface area contributed by atoms with Gasteiger partial charge in [0.15, 0.2) is 17.6 Å². The molecule has 0 N–H and O–H groups in total. The Morgan fingerprint density at radius 3 is 2.47 bits per heavy atom. The first-order valence-electron chi connectivity index (χ1n) is 12.4. The van der Waals surface area contributed by atoms with Crippen LogP contribution in [-0.4, -0.2) is 34.5 Å². The van der Waals surface area contributed by atoms with Gasteiger partial charge in [-0.15, -0.1) is 0 Å². The molecule has 3 aromatic carbocycles. The molecule has 0 amide bonds. The first kappa shape index (κ1) is 26.0. The van der Waals surface area contributed by atoms with E-state index in [1.54, 1.807) is 18.2 Å². The maximum absolute atomic E-state index is 12.6. The molecule has 1 aliphatic rings. The maximum Gasteiger partial charge on any atom is 0.336 e. The lowest BCUT2D eigenvalue weighted by Crippen LogP contribution is -2.25. The van der Waals surface area contributed by atoms with Gasteiger partial charge in [-0.2, -0.15) is 8.42 Å². The molecule has 0 saturated carbocycles. The Morgan fingerprint density at radius 1 is 0.947 bits per heavy atom. The molecule has 2 heterocycles. The van der Waals surface area contributed by atoms with Crippen molar-refractivity contribution in [3.05, 3.63) is 88.8 Å². The second kappa shape index (κ2) is 11.4. The van der Waals surface area contributed by atoms with E-state index < -0.39 is 22.0 Å². The van der Waals surface area contributed by atoms with Gasteiger partial charge in [0.1, 0.15) is 13.2 Å². The van der Waals surface area contributed by atoms with Crippen LogP contribution in [-0.2, 0) is 19.0 Å². The maximum atomic E-state index is 12.6. The fraction of sp³-hybridized carbons (Fsp3) is 0.276. The van der Waals surface area contributed by atoms with Crippen molar-refractivity contribution in [2.24, 2.45) is 0 Å². The summed E-state index contributed by atoms with van der Waals surface area (Å²) in [6.07, 6.45) is 2.17. The van der Waals surface area contributed by atoms with Crippen LogP contribution < -0.4 is 15.1 Å². The Morgan fingerprint density at radius 2 is 1.74 bits per heavy atom. The Balaban J connectivity index is 1.44. The smallest absolute Gasteiger partial charge is 0.336 e. The van der Waals surface area contributed by atoms with Crippen LogP contribution in [0.1, 0.15) is 24.8 Å². The lowest BCUT2D eigenvalue weighted by atomic mass is 10.0. The summed E-state index contributed by atoms with van der Waals surface area (Å²) in [5.41, 5.74) is 2.11. The quantitative estimate of drug-likeness (QED) is 0.158. The molecule has 0 radical (unpaired) electrons. The summed E-state index contributed by atoms with van der Waals surface area (Å²) in [5, 5.41) is 0.649. The number of fused-ring (bicyclic) bond motifs is 1. The molecule has 0 spiro atoms. The zero-order valence-electron chi connectivity index (χ0n) is 20.9. The van der Waals surface area contributed by atoms with Crippen LogP contribution >= 0.6 is 0 Å². The van der Waals surface area contributed by atoms with Gasteiger partial charge >= 0.3 is 5.63 Å². The largest absolute Gasteiger partial charge is 0.484 e. The Labute approximate surface area is 220 Å². The number of ether oxygens (including phenoxy) is 3. The predicted octanol–water partition coefficient (Wildman–Crippen LogP) is 5.46. The minimum atomic E-state index is -3.96. The zero-order valence-corrected chi connectivity index (χ0v) is 21.7. The van der Waals surface area contributed by atoms with E-state index in [0.717, 1.165) is 24.0 Å². The lowest BCUT2D eigenvalue weighted by Gasteiger charge is -2.24. The summed E-state index contributed by atoms with van der Waals surface area (Å²) in [5.74, 6) is 0.516. The molecule has 1 atom stereocenters. The summed E-state index contributed by atoms with van der Waals surface area (Å²) in [6, 6.07) is 20.8. The van der Waals surface area contributed by atoms with Gasteiger partial charge in [0.2, 0.25) is 5.75 Å². The highest BCUT2D eigenvalue weighted by molar-refractivity contribution is 7.86. The monoisotopic (exact) mass is 536 g/mol. The van der Waals surface area contributed by atoms with Crippen molar-refractivity contribution in [3.8, 4) is 22.6 Å². The molecule has 1 unspecified atom stereocenters. The van der Waals surface area contributed by atoms with Crippen LogP contribution in [0, 0.1) is 6.92 Å². The van der Waals surface area contributed by atoms with E-state index >= 15 is 0 Å². The third-order valence-electron chi connectivity index (χ3n) is 6.19. The highest BCUT2D eigenvalue weighted by Gasteiger charge is 2.22. The van der Waals surface area contributed by atoms with Crippen molar-refractivity contribution in [3.63, 3.8) is 0 Å². The van der Waals surface area contributed by atoms with Gasteiger partial charge in [0.05, 0.1) is 11.5 Å². The van der Waals surface area contributed by atoms with Crippen molar-refractivity contribution >= 4 is 21.1 Å². The topological polar surface area (TPSA) is 101 Å². The summed E-state index contributed by atoms with van der Waals surface area (Å²) in [4.78, 5) is 12.6. The molecule has 198 valence electrons. The fourth-order valence-electron chi connectivity index (χ4n) is 4.28. The molecule has 38 heavy (non-hydrogen) atoms. The van der Waals surface area contributed by atoms with Crippen molar-refractivity contribution in [1.29, 1.82) is 0 Å². The summed E-state index contributed by atoms with van der Waals surface area (Å²) in [7, 11) is -3.96. The first-order valence-corrected chi connectivity index (χ1v) is 13.8. The van der Waals surface area contributed by atoms with E-state index in [1.807, 2.05) is 43.3 Å². The molecule has 0 aliphatic carbocycles. The number of aryl methyl sites for hydroxylation is 1. The van der Waals surface area contributed by atoms with E-state index in [2.05, 4.69) is 0 Å². The van der Waals surface area contributed by atoms with Gasteiger partial charge in [0.25, 0.3) is 10.1 Å².